The van der Waals surface area contributed by atoms with Crippen LogP contribution in [0.4, 0.5) is 5.82 Å². The summed E-state index contributed by atoms with van der Waals surface area (Å²) in [6, 6.07) is 0. The van der Waals surface area contributed by atoms with Gasteiger partial charge in [-0.3, -0.25) is 0 Å². The number of fused-ring (bicyclic) bond motifs is 3. The molecule has 6 heteroatoms. The predicted octanol–water partition coefficient (Wildman–Crippen LogP) is 1.44. The number of rotatable bonds is 1. The van der Waals surface area contributed by atoms with Gasteiger partial charge in [0.15, 0.2) is 5.82 Å². The van der Waals surface area contributed by atoms with Crippen molar-refractivity contribution in [2.24, 2.45) is 0 Å². The molecular weight excluding hydrogens is 274 g/mol. The van der Waals surface area contributed by atoms with Crippen LogP contribution in [0.2, 0.25) is 0 Å². The second-order valence-electron chi connectivity index (χ2n) is 5.41. The summed E-state index contributed by atoms with van der Waals surface area (Å²) in [7, 11) is 0. The van der Waals surface area contributed by atoms with E-state index in [-0.39, 0.29) is 12.4 Å². The van der Waals surface area contributed by atoms with Gasteiger partial charge in [0.05, 0.1) is 5.69 Å². The van der Waals surface area contributed by atoms with E-state index in [1.54, 1.807) is 0 Å². The maximum atomic E-state index is 4.74. The van der Waals surface area contributed by atoms with Gasteiger partial charge in [0.1, 0.15) is 5.52 Å². The summed E-state index contributed by atoms with van der Waals surface area (Å²) in [5.41, 5.74) is 3.97. The molecule has 1 fully saturated rings. The van der Waals surface area contributed by atoms with Gasteiger partial charge in [0, 0.05) is 44.1 Å². The molecular formula is C14H20ClN5. The van der Waals surface area contributed by atoms with Crippen LogP contribution in [0, 0.1) is 0 Å². The standard InChI is InChI=1S/C14H19N5.ClH/c1-2-4-12-11(3-1)13-14(16-7-10-19(13)17-12)18-8-5-15-6-9-18;/h7,10,15H,1-6,8-9H2;1H. The minimum atomic E-state index is 0. The summed E-state index contributed by atoms with van der Waals surface area (Å²) in [6.45, 7) is 4.15. The first-order valence-corrected chi connectivity index (χ1v) is 7.24. The summed E-state index contributed by atoms with van der Waals surface area (Å²) in [6.07, 6.45) is 8.70. The minimum Gasteiger partial charge on any atom is -0.352 e. The maximum absolute atomic E-state index is 4.74. The molecule has 5 nitrogen and oxygen atoms in total. The van der Waals surface area contributed by atoms with Gasteiger partial charge < -0.3 is 10.2 Å². The molecule has 1 saturated heterocycles. The van der Waals surface area contributed by atoms with Gasteiger partial charge in [-0.15, -0.1) is 12.4 Å². The first kappa shape index (κ1) is 13.6. The van der Waals surface area contributed by atoms with E-state index in [9.17, 15) is 0 Å². The molecule has 0 amide bonds. The molecule has 0 atom stereocenters. The SMILES string of the molecule is Cl.c1cn2nc3c(c2c(N2CCNCC2)n1)CCCC3. The van der Waals surface area contributed by atoms with Crippen molar-refractivity contribution >= 4 is 23.7 Å². The maximum Gasteiger partial charge on any atom is 0.155 e. The molecule has 20 heavy (non-hydrogen) atoms. The van der Waals surface area contributed by atoms with Crippen molar-refractivity contribution in [1.29, 1.82) is 0 Å². The highest BCUT2D eigenvalue weighted by Gasteiger charge is 2.22. The number of hydrogen-bond acceptors (Lipinski definition) is 4. The van der Waals surface area contributed by atoms with Gasteiger partial charge in [-0.2, -0.15) is 5.10 Å². The minimum absolute atomic E-state index is 0. The molecule has 0 radical (unpaired) electrons. The molecule has 0 bridgehead atoms. The topological polar surface area (TPSA) is 45.5 Å². The molecule has 0 saturated carbocycles. The van der Waals surface area contributed by atoms with E-state index in [1.807, 2.05) is 16.9 Å². The number of halogens is 1. The molecule has 4 rings (SSSR count). The van der Waals surface area contributed by atoms with Gasteiger partial charge in [0.25, 0.3) is 0 Å². The van der Waals surface area contributed by atoms with E-state index in [4.69, 9.17) is 5.10 Å². The lowest BCUT2D eigenvalue weighted by Crippen LogP contribution is -2.44. The van der Waals surface area contributed by atoms with Crippen molar-refractivity contribution < 1.29 is 0 Å². The van der Waals surface area contributed by atoms with Crippen molar-refractivity contribution in [3.05, 3.63) is 23.7 Å². The van der Waals surface area contributed by atoms with Crippen LogP contribution in [0.5, 0.6) is 0 Å². The van der Waals surface area contributed by atoms with Crippen molar-refractivity contribution in [1.82, 2.24) is 19.9 Å². The van der Waals surface area contributed by atoms with Gasteiger partial charge in [-0.25, -0.2) is 9.50 Å². The average Bonchev–Trinajstić information content (AvgIpc) is 2.86. The highest BCUT2D eigenvalue weighted by atomic mass is 35.5. The molecule has 3 heterocycles. The zero-order chi connectivity index (χ0) is 12.7. The zero-order valence-electron chi connectivity index (χ0n) is 11.5. The van der Waals surface area contributed by atoms with Crippen LogP contribution in [-0.2, 0) is 12.8 Å². The monoisotopic (exact) mass is 293 g/mol. The van der Waals surface area contributed by atoms with E-state index in [0.717, 1.165) is 44.8 Å². The molecule has 0 spiro atoms. The fourth-order valence-corrected chi connectivity index (χ4v) is 3.25. The van der Waals surface area contributed by atoms with Crippen molar-refractivity contribution in [3.63, 3.8) is 0 Å². The molecule has 2 aromatic heterocycles. The first-order chi connectivity index (χ1) is 9.43. The van der Waals surface area contributed by atoms with Gasteiger partial charge >= 0.3 is 0 Å². The molecule has 2 aliphatic rings. The number of hydrogen-bond donors (Lipinski definition) is 1. The number of aromatic nitrogens is 3. The Morgan fingerprint density at radius 3 is 2.75 bits per heavy atom. The smallest absolute Gasteiger partial charge is 0.155 e. The van der Waals surface area contributed by atoms with Gasteiger partial charge in [-0.05, 0) is 25.7 Å². The van der Waals surface area contributed by atoms with E-state index >= 15 is 0 Å². The van der Waals surface area contributed by atoms with Gasteiger partial charge in [0.2, 0.25) is 0 Å². The number of anilines is 1. The molecule has 1 aliphatic carbocycles. The van der Waals surface area contributed by atoms with E-state index in [0.29, 0.717) is 0 Å². The Labute approximate surface area is 124 Å². The van der Waals surface area contributed by atoms with E-state index in [1.165, 1.54) is 29.6 Å². The highest BCUT2D eigenvalue weighted by Crippen LogP contribution is 2.30. The second kappa shape index (κ2) is 5.58. The lowest BCUT2D eigenvalue weighted by Gasteiger charge is -2.29. The Kier molecular flexibility index (Phi) is 3.81. The van der Waals surface area contributed by atoms with Crippen LogP contribution >= 0.6 is 12.4 Å². The predicted molar refractivity (Wildman–Crippen MR) is 82.0 cm³/mol. The summed E-state index contributed by atoms with van der Waals surface area (Å²) >= 11 is 0. The van der Waals surface area contributed by atoms with Crippen LogP contribution in [0.3, 0.4) is 0 Å². The summed E-state index contributed by atoms with van der Waals surface area (Å²) in [5, 5.41) is 8.14. The van der Waals surface area contributed by atoms with Crippen LogP contribution < -0.4 is 10.2 Å². The third-order valence-corrected chi connectivity index (χ3v) is 4.22. The summed E-state index contributed by atoms with van der Waals surface area (Å²) in [4.78, 5) is 7.04. The molecule has 1 N–H and O–H groups in total. The number of aryl methyl sites for hydroxylation is 2. The van der Waals surface area contributed by atoms with Gasteiger partial charge in [-0.1, -0.05) is 0 Å². The Bertz CT molecular complexity index is 603. The Hall–Kier alpha value is -1.33. The summed E-state index contributed by atoms with van der Waals surface area (Å²) < 4.78 is 2.04. The Morgan fingerprint density at radius 2 is 1.90 bits per heavy atom. The fourth-order valence-electron chi connectivity index (χ4n) is 3.25. The largest absolute Gasteiger partial charge is 0.352 e. The third kappa shape index (κ3) is 2.15. The van der Waals surface area contributed by atoms with E-state index < -0.39 is 0 Å². The van der Waals surface area contributed by atoms with Crippen LogP contribution in [-0.4, -0.2) is 40.8 Å². The Morgan fingerprint density at radius 1 is 1.10 bits per heavy atom. The molecule has 0 aromatic carbocycles. The van der Waals surface area contributed by atoms with Crippen LogP contribution in [0.15, 0.2) is 12.4 Å². The fraction of sp³-hybridized carbons (Fsp3) is 0.571. The number of nitrogens with one attached hydrogen (secondary N) is 1. The molecule has 108 valence electrons. The number of piperazine rings is 1. The average molecular weight is 294 g/mol. The molecule has 1 aliphatic heterocycles. The van der Waals surface area contributed by atoms with Crippen LogP contribution in [0.25, 0.3) is 5.52 Å². The molecule has 0 unspecified atom stereocenters. The normalized spacial score (nSPS) is 18.7. The number of nitrogens with zero attached hydrogens (tertiary/aromatic N) is 4. The quantitative estimate of drug-likeness (QED) is 0.864. The Balaban J connectivity index is 0.00000121. The zero-order valence-corrected chi connectivity index (χ0v) is 12.3. The van der Waals surface area contributed by atoms with Crippen molar-refractivity contribution in [3.8, 4) is 0 Å². The van der Waals surface area contributed by atoms with Crippen molar-refractivity contribution in [2.45, 2.75) is 25.7 Å². The lowest BCUT2D eigenvalue weighted by molar-refractivity contribution is 0.585. The lowest BCUT2D eigenvalue weighted by atomic mass is 9.97. The summed E-state index contributed by atoms with van der Waals surface area (Å²) in [5.74, 6) is 1.12. The third-order valence-electron chi connectivity index (χ3n) is 4.22. The first-order valence-electron chi connectivity index (χ1n) is 7.24. The molecule has 2 aromatic rings. The van der Waals surface area contributed by atoms with Crippen LogP contribution in [0.1, 0.15) is 24.1 Å². The second-order valence-corrected chi connectivity index (χ2v) is 5.41. The van der Waals surface area contributed by atoms with E-state index in [2.05, 4.69) is 15.2 Å². The highest BCUT2D eigenvalue weighted by molar-refractivity contribution is 5.85. The van der Waals surface area contributed by atoms with Crippen molar-refractivity contribution in [2.75, 3.05) is 31.1 Å².